The highest BCUT2D eigenvalue weighted by Crippen LogP contribution is 2.22. The maximum absolute atomic E-state index is 12.0. The monoisotopic (exact) mass is 405 g/mol. The fourth-order valence-corrected chi connectivity index (χ4v) is 4.39. The lowest BCUT2D eigenvalue weighted by Crippen LogP contribution is -2.53. The summed E-state index contributed by atoms with van der Waals surface area (Å²) < 4.78 is 0. The third kappa shape index (κ3) is 5.71. The SMILES string of the molecule is CN(C)C(=O)CN=C(NCCc1cccs1)N1CCN(c2cccs2)CC1. The molecule has 1 amide bonds. The van der Waals surface area contributed by atoms with Crippen molar-refractivity contribution in [3.05, 3.63) is 39.9 Å². The number of nitrogens with one attached hydrogen (secondary N) is 1. The molecule has 8 heteroatoms. The topological polar surface area (TPSA) is 51.2 Å². The van der Waals surface area contributed by atoms with Gasteiger partial charge in [0.15, 0.2) is 5.96 Å². The van der Waals surface area contributed by atoms with Gasteiger partial charge < -0.3 is 20.0 Å². The van der Waals surface area contributed by atoms with Crippen molar-refractivity contribution < 1.29 is 4.79 Å². The van der Waals surface area contributed by atoms with Crippen LogP contribution in [0.1, 0.15) is 4.88 Å². The zero-order valence-electron chi connectivity index (χ0n) is 15.9. The third-order valence-electron chi connectivity index (χ3n) is 4.49. The minimum Gasteiger partial charge on any atom is -0.360 e. The molecular weight excluding hydrogens is 378 g/mol. The maximum Gasteiger partial charge on any atom is 0.243 e. The highest BCUT2D eigenvalue weighted by molar-refractivity contribution is 7.14. The number of carbonyl (C=O) groups excluding carboxylic acids is 1. The van der Waals surface area contributed by atoms with Crippen molar-refractivity contribution in [2.75, 3.05) is 58.3 Å². The van der Waals surface area contributed by atoms with E-state index in [1.165, 1.54) is 9.88 Å². The first-order chi connectivity index (χ1) is 13.1. The van der Waals surface area contributed by atoms with Gasteiger partial charge in [-0.25, -0.2) is 4.99 Å². The third-order valence-corrected chi connectivity index (χ3v) is 6.36. The van der Waals surface area contributed by atoms with Crippen molar-refractivity contribution in [1.82, 2.24) is 15.1 Å². The number of hydrogen-bond donors (Lipinski definition) is 1. The summed E-state index contributed by atoms with van der Waals surface area (Å²) in [5.41, 5.74) is 0. The van der Waals surface area contributed by atoms with Crippen LogP contribution < -0.4 is 10.2 Å². The molecule has 1 saturated heterocycles. The lowest BCUT2D eigenvalue weighted by atomic mass is 10.3. The standard InChI is InChI=1S/C19H27N5OS2/c1-22(2)17(25)15-21-19(20-8-7-16-5-3-13-26-16)24-11-9-23(10-12-24)18-6-4-14-27-18/h3-6,13-14H,7-12,15H2,1-2H3,(H,20,21). The van der Waals surface area contributed by atoms with Crippen LogP contribution in [-0.4, -0.2) is 75.0 Å². The molecule has 3 heterocycles. The van der Waals surface area contributed by atoms with Crippen LogP contribution in [0.15, 0.2) is 40.0 Å². The Morgan fingerprint density at radius 2 is 1.89 bits per heavy atom. The minimum absolute atomic E-state index is 0.0183. The smallest absolute Gasteiger partial charge is 0.243 e. The van der Waals surface area contributed by atoms with Gasteiger partial charge in [-0.2, -0.15) is 0 Å². The molecule has 0 radical (unpaired) electrons. The van der Waals surface area contributed by atoms with Crippen LogP contribution in [0.5, 0.6) is 0 Å². The molecule has 1 aliphatic heterocycles. The van der Waals surface area contributed by atoms with Gasteiger partial charge in [0.05, 0.1) is 5.00 Å². The Bertz CT molecular complexity index is 719. The number of nitrogens with zero attached hydrogens (tertiary/aromatic N) is 4. The zero-order valence-corrected chi connectivity index (χ0v) is 17.6. The second-order valence-electron chi connectivity index (χ2n) is 6.61. The van der Waals surface area contributed by atoms with E-state index in [2.05, 4.69) is 55.1 Å². The van der Waals surface area contributed by atoms with Crippen LogP contribution in [0.25, 0.3) is 0 Å². The number of thiophene rings is 2. The molecule has 1 fully saturated rings. The van der Waals surface area contributed by atoms with Crippen molar-refractivity contribution in [3.8, 4) is 0 Å². The first-order valence-electron chi connectivity index (χ1n) is 9.18. The summed E-state index contributed by atoms with van der Waals surface area (Å²) in [5, 5.41) is 9.01. The first kappa shape index (κ1) is 19.7. The van der Waals surface area contributed by atoms with Crippen LogP contribution in [0.2, 0.25) is 0 Å². The molecule has 2 aromatic heterocycles. The molecule has 27 heavy (non-hydrogen) atoms. The quantitative estimate of drug-likeness (QED) is 0.591. The Morgan fingerprint density at radius 1 is 1.15 bits per heavy atom. The number of rotatable bonds is 6. The second-order valence-corrected chi connectivity index (χ2v) is 8.57. The molecule has 0 aromatic carbocycles. The van der Waals surface area contributed by atoms with Gasteiger partial charge in [0.2, 0.25) is 5.91 Å². The number of amides is 1. The molecule has 1 N–H and O–H groups in total. The average molecular weight is 406 g/mol. The molecule has 0 spiro atoms. The second kappa shape index (κ2) is 9.75. The minimum atomic E-state index is 0.0183. The summed E-state index contributed by atoms with van der Waals surface area (Å²) in [6.07, 6.45) is 0.966. The van der Waals surface area contributed by atoms with Gasteiger partial charge in [-0.05, 0) is 35.4 Å². The number of carbonyl (C=O) groups is 1. The fourth-order valence-electron chi connectivity index (χ4n) is 2.89. The van der Waals surface area contributed by atoms with E-state index in [4.69, 9.17) is 0 Å². The summed E-state index contributed by atoms with van der Waals surface area (Å²) in [6.45, 7) is 4.74. The summed E-state index contributed by atoms with van der Waals surface area (Å²) in [4.78, 5) is 24.2. The van der Waals surface area contributed by atoms with E-state index >= 15 is 0 Å². The van der Waals surface area contributed by atoms with Crippen molar-refractivity contribution in [1.29, 1.82) is 0 Å². The average Bonchev–Trinajstić information content (AvgIpc) is 3.38. The van der Waals surface area contributed by atoms with E-state index in [-0.39, 0.29) is 12.5 Å². The molecule has 2 aromatic rings. The normalized spacial score (nSPS) is 15.1. The maximum atomic E-state index is 12.0. The van der Waals surface area contributed by atoms with E-state index in [1.54, 1.807) is 41.7 Å². The van der Waals surface area contributed by atoms with Crippen LogP contribution in [0, 0.1) is 0 Å². The first-order valence-corrected chi connectivity index (χ1v) is 10.9. The number of hydrogen-bond acceptors (Lipinski definition) is 5. The van der Waals surface area contributed by atoms with E-state index < -0.39 is 0 Å². The highest BCUT2D eigenvalue weighted by Gasteiger charge is 2.20. The zero-order chi connectivity index (χ0) is 19.1. The predicted octanol–water partition coefficient (Wildman–Crippen LogP) is 2.21. The molecule has 0 aliphatic carbocycles. The van der Waals surface area contributed by atoms with Crippen molar-refractivity contribution in [3.63, 3.8) is 0 Å². The molecule has 0 bridgehead atoms. The number of piperazine rings is 1. The Balaban J connectivity index is 1.58. The number of aliphatic imine (C=N–C) groups is 1. The summed E-state index contributed by atoms with van der Waals surface area (Å²) in [6, 6.07) is 8.50. The molecule has 0 unspecified atom stereocenters. The Hall–Kier alpha value is -2.06. The Labute approximate surface area is 169 Å². The summed E-state index contributed by atoms with van der Waals surface area (Å²) in [7, 11) is 3.53. The predicted molar refractivity (Wildman–Crippen MR) is 115 cm³/mol. The number of guanidine groups is 1. The van der Waals surface area contributed by atoms with Gasteiger partial charge in [0, 0.05) is 51.7 Å². The molecule has 3 rings (SSSR count). The number of anilines is 1. The molecule has 146 valence electrons. The van der Waals surface area contributed by atoms with Crippen molar-refractivity contribution in [2.24, 2.45) is 4.99 Å². The molecule has 6 nitrogen and oxygen atoms in total. The van der Waals surface area contributed by atoms with E-state index in [0.29, 0.717) is 0 Å². The van der Waals surface area contributed by atoms with Crippen LogP contribution in [-0.2, 0) is 11.2 Å². The lowest BCUT2D eigenvalue weighted by Gasteiger charge is -2.37. The Morgan fingerprint density at radius 3 is 2.52 bits per heavy atom. The van der Waals surface area contributed by atoms with Gasteiger partial charge >= 0.3 is 0 Å². The van der Waals surface area contributed by atoms with Gasteiger partial charge in [-0.1, -0.05) is 6.07 Å². The summed E-state index contributed by atoms with van der Waals surface area (Å²) >= 11 is 3.55. The van der Waals surface area contributed by atoms with Gasteiger partial charge in [-0.15, -0.1) is 22.7 Å². The van der Waals surface area contributed by atoms with E-state index in [0.717, 1.165) is 45.1 Å². The van der Waals surface area contributed by atoms with Crippen molar-refractivity contribution in [2.45, 2.75) is 6.42 Å². The van der Waals surface area contributed by atoms with Gasteiger partial charge in [0.25, 0.3) is 0 Å². The van der Waals surface area contributed by atoms with E-state index in [1.807, 2.05) is 0 Å². The largest absolute Gasteiger partial charge is 0.360 e. The fraction of sp³-hybridized carbons (Fsp3) is 0.474. The number of likely N-dealkylation sites (N-methyl/N-ethyl adjacent to an activating group) is 1. The molecular formula is C19H27N5OS2. The van der Waals surface area contributed by atoms with Crippen molar-refractivity contribution >= 4 is 39.5 Å². The molecule has 1 aliphatic rings. The molecule has 0 saturated carbocycles. The lowest BCUT2D eigenvalue weighted by molar-refractivity contribution is -0.127. The van der Waals surface area contributed by atoms with Crippen LogP contribution >= 0.6 is 22.7 Å². The van der Waals surface area contributed by atoms with Crippen LogP contribution in [0.4, 0.5) is 5.00 Å². The summed E-state index contributed by atoms with van der Waals surface area (Å²) in [5.74, 6) is 0.859. The highest BCUT2D eigenvalue weighted by atomic mass is 32.1. The molecule has 0 atom stereocenters. The van der Waals surface area contributed by atoms with E-state index in [9.17, 15) is 4.79 Å². The van der Waals surface area contributed by atoms with Crippen LogP contribution in [0.3, 0.4) is 0 Å². The Kier molecular flexibility index (Phi) is 7.11. The van der Waals surface area contributed by atoms with Gasteiger partial charge in [0.1, 0.15) is 6.54 Å². The van der Waals surface area contributed by atoms with Gasteiger partial charge in [-0.3, -0.25) is 4.79 Å².